The van der Waals surface area contributed by atoms with Crippen LogP contribution >= 0.6 is 0 Å². The molecule has 4 aliphatic rings. The maximum Gasteiger partial charge on any atom is 0.256 e. The van der Waals surface area contributed by atoms with Crippen LogP contribution in [0.15, 0.2) is 48.3 Å². The Morgan fingerprint density at radius 1 is 0.938 bits per heavy atom. The molecule has 2 bridgehead atoms. The second-order valence-corrected chi connectivity index (χ2v) is 8.10. The molecule has 0 saturated heterocycles. The fourth-order valence-electron chi connectivity index (χ4n) is 6.12. The maximum absolute atomic E-state index is 14.2. The summed E-state index contributed by atoms with van der Waals surface area (Å²) in [5.41, 5.74) is -2.01. The van der Waals surface area contributed by atoms with E-state index in [4.69, 9.17) is 28.4 Å². The molecule has 0 aromatic rings. The van der Waals surface area contributed by atoms with Crippen LogP contribution in [-0.4, -0.2) is 71.4 Å². The SMILES string of the molecule is C=CC[C@@]12C=C(OC)C(=O)C(OC)(OC)[C@@H]1[C@@H]1C(/C=C/C)=CC2(OC)C(=O)C1(OC)OC. The molecule has 0 aromatic heterocycles. The first-order valence-corrected chi connectivity index (χ1v) is 10.3. The number of allylic oxidation sites excluding steroid dienone is 3. The Morgan fingerprint density at radius 2 is 1.53 bits per heavy atom. The van der Waals surface area contributed by atoms with Crippen molar-refractivity contribution in [3.8, 4) is 0 Å². The third-order valence-electron chi connectivity index (χ3n) is 7.31. The summed E-state index contributed by atoms with van der Waals surface area (Å²) in [5.74, 6) is -6.00. The lowest BCUT2D eigenvalue weighted by Gasteiger charge is -2.67. The van der Waals surface area contributed by atoms with E-state index in [-0.39, 0.29) is 12.2 Å². The number of fused-ring (bicyclic) bond motifs is 1. The summed E-state index contributed by atoms with van der Waals surface area (Å²) in [6.45, 7) is 5.77. The smallest absolute Gasteiger partial charge is 0.256 e. The minimum Gasteiger partial charge on any atom is -0.493 e. The second kappa shape index (κ2) is 8.35. The van der Waals surface area contributed by atoms with Crippen LogP contribution in [0.25, 0.3) is 0 Å². The molecule has 1 unspecified atom stereocenters. The van der Waals surface area contributed by atoms with Crippen LogP contribution in [0, 0.1) is 17.3 Å². The Morgan fingerprint density at radius 3 is 1.97 bits per heavy atom. The highest BCUT2D eigenvalue weighted by Crippen LogP contribution is 2.68. The number of carbonyl (C=O) groups excluding carboxylic acids is 2. The highest BCUT2D eigenvalue weighted by molar-refractivity contribution is 6.05. The predicted octanol–water partition coefficient (Wildman–Crippen LogP) is 2.36. The summed E-state index contributed by atoms with van der Waals surface area (Å²) in [7, 11) is 8.42. The minimum absolute atomic E-state index is 0.0185. The van der Waals surface area contributed by atoms with Gasteiger partial charge >= 0.3 is 0 Å². The lowest BCUT2D eigenvalue weighted by atomic mass is 9.41. The van der Waals surface area contributed by atoms with Crippen LogP contribution in [0.1, 0.15) is 13.3 Å². The summed E-state index contributed by atoms with van der Waals surface area (Å²) >= 11 is 0. The fraction of sp³-hybridized carbons (Fsp3) is 0.583. The summed E-state index contributed by atoms with van der Waals surface area (Å²) in [5, 5.41) is 0. The molecule has 1 saturated carbocycles. The number of rotatable bonds is 9. The van der Waals surface area contributed by atoms with Gasteiger partial charge in [-0.25, -0.2) is 0 Å². The van der Waals surface area contributed by atoms with Crippen LogP contribution in [-0.2, 0) is 38.0 Å². The summed E-state index contributed by atoms with van der Waals surface area (Å²) in [6, 6.07) is 0. The van der Waals surface area contributed by atoms with Gasteiger partial charge in [-0.15, -0.1) is 6.58 Å². The highest BCUT2D eigenvalue weighted by atomic mass is 16.7. The van der Waals surface area contributed by atoms with Gasteiger partial charge in [0.05, 0.1) is 13.0 Å². The number of methoxy groups -OCH3 is 6. The standard InChI is InChI=1S/C24H32O8/c1-9-11-15-13-22(28-4)20(26)23(29-5,30-6)17(15)18-21(22,12-10-2)14-16(27-3)19(25)24(18,31-7)32-8/h9-11,13-14,17-18H,2,12H2,1,3-8H3/b11-9+/t17-,18+,21+,22?/m0/s1. The highest BCUT2D eigenvalue weighted by Gasteiger charge is 2.82. The first-order valence-electron chi connectivity index (χ1n) is 10.3. The van der Waals surface area contributed by atoms with Crippen LogP contribution in [0.3, 0.4) is 0 Å². The van der Waals surface area contributed by atoms with Gasteiger partial charge in [0.25, 0.3) is 5.78 Å². The van der Waals surface area contributed by atoms with Crippen LogP contribution < -0.4 is 0 Å². The molecule has 4 aliphatic carbocycles. The lowest BCUT2D eigenvalue weighted by molar-refractivity contribution is -0.329. The van der Waals surface area contributed by atoms with Gasteiger partial charge < -0.3 is 28.4 Å². The first-order chi connectivity index (χ1) is 15.3. The van der Waals surface area contributed by atoms with E-state index in [1.165, 1.54) is 42.7 Å². The van der Waals surface area contributed by atoms with E-state index in [0.29, 0.717) is 5.57 Å². The Hall–Kier alpha value is -2.10. The molecular formula is C24H32O8. The van der Waals surface area contributed by atoms with Gasteiger partial charge in [-0.3, -0.25) is 9.59 Å². The zero-order chi connectivity index (χ0) is 23.9. The van der Waals surface area contributed by atoms with E-state index < -0.39 is 46.0 Å². The van der Waals surface area contributed by atoms with E-state index in [2.05, 4.69) is 6.58 Å². The molecule has 0 aliphatic heterocycles. The summed E-state index contributed by atoms with van der Waals surface area (Å²) < 4.78 is 34.8. The number of Topliss-reactive ketones (excluding diaryl/α,β-unsaturated/α-hetero) is 2. The normalized spacial score (nSPS) is 34.8. The molecule has 0 spiro atoms. The molecule has 0 heterocycles. The topological polar surface area (TPSA) is 89.5 Å². The molecule has 8 heteroatoms. The molecule has 0 amide bonds. The molecule has 8 nitrogen and oxygen atoms in total. The minimum atomic E-state index is -1.80. The van der Waals surface area contributed by atoms with Crippen molar-refractivity contribution in [1.82, 2.24) is 0 Å². The van der Waals surface area contributed by atoms with Gasteiger partial charge in [-0.2, -0.15) is 0 Å². The van der Waals surface area contributed by atoms with E-state index in [0.717, 1.165) is 0 Å². The van der Waals surface area contributed by atoms with Crippen molar-refractivity contribution in [2.75, 3.05) is 42.7 Å². The van der Waals surface area contributed by atoms with Gasteiger partial charge in [-0.05, 0) is 31.1 Å². The van der Waals surface area contributed by atoms with Gasteiger partial charge in [-0.1, -0.05) is 18.2 Å². The molecule has 4 rings (SSSR count). The van der Waals surface area contributed by atoms with E-state index in [1.807, 2.05) is 19.1 Å². The largest absolute Gasteiger partial charge is 0.493 e. The second-order valence-electron chi connectivity index (χ2n) is 8.10. The Labute approximate surface area is 188 Å². The van der Waals surface area contributed by atoms with E-state index in [9.17, 15) is 9.59 Å². The van der Waals surface area contributed by atoms with Crippen molar-refractivity contribution in [1.29, 1.82) is 0 Å². The van der Waals surface area contributed by atoms with Crippen LogP contribution in [0.5, 0.6) is 0 Å². The average Bonchev–Trinajstić information content (AvgIpc) is 2.81. The molecule has 1 fully saturated rings. The Balaban J connectivity index is 2.59. The number of hydrogen-bond donors (Lipinski definition) is 0. The molecule has 0 radical (unpaired) electrons. The van der Waals surface area contributed by atoms with Crippen molar-refractivity contribution >= 4 is 11.6 Å². The Kier molecular flexibility index (Phi) is 6.40. The lowest BCUT2D eigenvalue weighted by Crippen LogP contribution is -2.81. The van der Waals surface area contributed by atoms with Gasteiger partial charge in [0.15, 0.2) is 11.4 Å². The molecular weight excluding hydrogens is 416 g/mol. The quantitative estimate of drug-likeness (QED) is 0.392. The summed E-state index contributed by atoms with van der Waals surface area (Å²) in [6.07, 6.45) is 9.09. The van der Waals surface area contributed by atoms with Crippen molar-refractivity contribution in [2.45, 2.75) is 30.5 Å². The third-order valence-corrected chi connectivity index (χ3v) is 7.31. The summed E-state index contributed by atoms with van der Waals surface area (Å²) in [4.78, 5) is 27.8. The molecule has 0 aromatic carbocycles. The number of ether oxygens (including phenoxy) is 6. The molecule has 176 valence electrons. The van der Waals surface area contributed by atoms with Gasteiger partial charge in [0, 0.05) is 46.9 Å². The third kappa shape index (κ3) is 2.55. The van der Waals surface area contributed by atoms with E-state index >= 15 is 0 Å². The molecule has 4 atom stereocenters. The van der Waals surface area contributed by atoms with Crippen molar-refractivity contribution < 1.29 is 38.0 Å². The number of hydrogen-bond acceptors (Lipinski definition) is 8. The van der Waals surface area contributed by atoms with Crippen LogP contribution in [0.4, 0.5) is 0 Å². The molecule has 32 heavy (non-hydrogen) atoms. The van der Waals surface area contributed by atoms with Gasteiger partial charge in [0.2, 0.25) is 17.4 Å². The Bertz CT molecular complexity index is 892. The predicted molar refractivity (Wildman–Crippen MR) is 115 cm³/mol. The van der Waals surface area contributed by atoms with E-state index in [1.54, 1.807) is 18.2 Å². The number of carbonyl (C=O) groups is 2. The first kappa shape index (κ1) is 24.5. The van der Waals surface area contributed by atoms with Gasteiger partial charge in [0.1, 0.15) is 0 Å². The monoisotopic (exact) mass is 448 g/mol. The molecule has 0 N–H and O–H groups in total. The number of ketones is 2. The van der Waals surface area contributed by atoms with Crippen molar-refractivity contribution in [3.05, 3.63) is 48.3 Å². The zero-order valence-corrected chi connectivity index (χ0v) is 19.7. The maximum atomic E-state index is 14.2. The van der Waals surface area contributed by atoms with Crippen LogP contribution in [0.2, 0.25) is 0 Å². The average molecular weight is 449 g/mol. The fourth-order valence-corrected chi connectivity index (χ4v) is 6.12. The van der Waals surface area contributed by atoms with Crippen molar-refractivity contribution in [2.24, 2.45) is 17.3 Å². The zero-order valence-electron chi connectivity index (χ0n) is 19.7. The van der Waals surface area contributed by atoms with Crippen molar-refractivity contribution in [3.63, 3.8) is 0 Å².